The van der Waals surface area contributed by atoms with Gasteiger partial charge in [0.2, 0.25) is 0 Å². The smallest absolute Gasteiger partial charge is 0.0973 e. The average molecular weight is 925 g/mol. The molecule has 0 bridgehead atoms. The number of nitrogens with zero attached hydrogens (tertiary/aromatic N) is 2. The van der Waals surface area contributed by atoms with Crippen LogP contribution in [0, 0.1) is 6.92 Å². The molecule has 1 aromatic heterocycles. The molecular formula is C71H44N2. The predicted octanol–water partition coefficient (Wildman–Crippen LogP) is 17.3. The van der Waals surface area contributed by atoms with E-state index in [0.717, 1.165) is 50.2 Å². The van der Waals surface area contributed by atoms with Crippen molar-refractivity contribution < 1.29 is 0 Å². The van der Waals surface area contributed by atoms with Crippen LogP contribution in [-0.4, -0.2) is 9.97 Å². The molecule has 4 aliphatic carbocycles. The fourth-order valence-corrected chi connectivity index (χ4v) is 13.8. The number of para-hydroxylation sites is 1. The van der Waals surface area contributed by atoms with Crippen LogP contribution in [0.3, 0.4) is 0 Å². The standard InChI is InChI=1S/C71H44N2/c1-43-15-14-28-66-67(43)73-69(47-35-31-45(32-36-47)49-38-40-57-55-21-7-13-27-63(55)71(65(57)42-49)60-24-10-4-18-52(60)53-19-5-11-25-61(53)71)68(72-66)46-33-29-44(30-34-46)48-37-39-56-54-20-6-12-26-62(54)70(64(56)41-48)58-22-8-2-16-50(58)51-17-3-9-23-59(51)70/h2-42H,1H3. The van der Waals surface area contributed by atoms with Gasteiger partial charge in [0.15, 0.2) is 0 Å². The third-order valence-electron chi connectivity index (χ3n) is 16.9. The maximum Gasteiger partial charge on any atom is 0.0973 e. The first kappa shape index (κ1) is 40.5. The minimum absolute atomic E-state index is 0.388. The Morgan fingerprint density at radius 1 is 0.247 bits per heavy atom. The Bertz CT molecular complexity index is 4200. The summed E-state index contributed by atoms with van der Waals surface area (Å²) in [4.78, 5) is 10.8. The Morgan fingerprint density at radius 3 is 0.918 bits per heavy atom. The monoisotopic (exact) mass is 924 g/mol. The van der Waals surface area contributed by atoms with Crippen molar-refractivity contribution >= 4 is 11.0 Å². The van der Waals surface area contributed by atoms with E-state index in [1.165, 1.54) is 100 Å². The van der Waals surface area contributed by atoms with E-state index in [2.05, 4.69) is 256 Å². The zero-order valence-corrected chi connectivity index (χ0v) is 40.1. The van der Waals surface area contributed by atoms with E-state index in [-0.39, 0.29) is 10.8 Å². The van der Waals surface area contributed by atoms with Crippen molar-refractivity contribution in [2.75, 3.05) is 0 Å². The highest BCUT2D eigenvalue weighted by atomic mass is 14.8. The number of benzene rings is 11. The van der Waals surface area contributed by atoms with Gasteiger partial charge in [-0.15, -0.1) is 0 Å². The van der Waals surface area contributed by atoms with Crippen molar-refractivity contribution in [3.05, 3.63) is 299 Å². The van der Waals surface area contributed by atoms with Gasteiger partial charge in [0.05, 0.1) is 33.3 Å². The highest BCUT2D eigenvalue weighted by Crippen LogP contribution is 2.65. The maximum absolute atomic E-state index is 5.44. The Hall–Kier alpha value is -9.24. The van der Waals surface area contributed by atoms with E-state index in [4.69, 9.17) is 9.97 Å². The van der Waals surface area contributed by atoms with E-state index in [0.29, 0.717) is 0 Å². The summed E-state index contributed by atoms with van der Waals surface area (Å²) in [6.45, 7) is 2.13. The lowest BCUT2D eigenvalue weighted by atomic mass is 9.70. The molecule has 0 amide bonds. The van der Waals surface area contributed by atoms with Crippen molar-refractivity contribution in [1.29, 1.82) is 0 Å². The summed E-state index contributed by atoms with van der Waals surface area (Å²) in [5, 5.41) is 0. The number of hydrogen-bond acceptors (Lipinski definition) is 2. The van der Waals surface area contributed by atoms with E-state index in [1.54, 1.807) is 0 Å². The SMILES string of the molecule is Cc1cccc2nc(-c3ccc(-c4ccc5c(c4)C4(c6ccccc6-c6ccccc64)c4ccccc4-5)cc3)c(-c3ccc(-c4ccc5c(c4)C4(c6ccccc6-c6ccccc64)c4ccccc4-5)cc3)nc12. The number of fused-ring (bicyclic) bond motifs is 21. The van der Waals surface area contributed by atoms with E-state index >= 15 is 0 Å². The lowest BCUT2D eigenvalue weighted by molar-refractivity contribution is 0.794. The van der Waals surface area contributed by atoms with Crippen LogP contribution in [0.1, 0.15) is 50.1 Å². The molecular weight excluding hydrogens is 881 g/mol. The first-order valence-corrected chi connectivity index (χ1v) is 25.5. The van der Waals surface area contributed by atoms with Crippen molar-refractivity contribution in [2.24, 2.45) is 0 Å². The molecule has 16 rings (SSSR count). The number of aryl methyl sites for hydroxylation is 1. The highest BCUT2D eigenvalue weighted by molar-refractivity contribution is 5.98. The second kappa shape index (κ2) is 14.9. The molecule has 12 aromatic rings. The van der Waals surface area contributed by atoms with Crippen molar-refractivity contribution in [3.63, 3.8) is 0 Å². The molecule has 0 aliphatic heterocycles. The van der Waals surface area contributed by atoms with Gasteiger partial charge < -0.3 is 0 Å². The third kappa shape index (κ3) is 5.32. The van der Waals surface area contributed by atoms with Crippen LogP contribution in [0.25, 0.3) is 100 Å². The molecule has 2 heteroatoms. The first-order valence-electron chi connectivity index (χ1n) is 25.5. The summed E-state index contributed by atoms with van der Waals surface area (Å²) in [5.41, 5.74) is 32.0. The lowest BCUT2D eigenvalue weighted by Crippen LogP contribution is -2.25. The van der Waals surface area contributed by atoms with Crippen LogP contribution in [0.2, 0.25) is 0 Å². The second-order valence-electron chi connectivity index (χ2n) is 20.3. The average Bonchev–Trinajstić information content (AvgIpc) is 4.25. The Kier molecular flexibility index (Phi) is 8.26. The topological polar surface area (TPSA) is 25.8 Å². The number of aromatic nitrogens is 2. The lowest BCUT2D eigenvalue weighted by Gasteiger charge is -2.30. The van der Waals surface area contributed by atoms with E-state index in [1.807, 2.05) is 0 Å². The molecule has 338 valence electrons. The molecule has 0 saturated carbocycles. The van der Waals surface area contributed by atoms with Crippen LogP contribution >= 0.6 is 0 Å². The van der Waals surface area contributed by atoms with Gasteiger partial charge in [0.25, 0.3) is 0 Å². The Labute approximate surface area is 424 Å². The van der Waals surface area contributed by atoms with Gasteiger partial charge in [-0.3, -0.25) is 0 Å². The van der Waals surface area contributed by atoms with E-state index < -0.39 is 0 Å². The fraction of sp³-hybridized carbons (Fsp3) is 0.0423. The van der Waals surface area contributed by atoms with Crippen LogP contribution in [0.15, 0.2) is 249 Å². The van der Waals surface area contributed by atoms with Gasteiger partial charge in [-0.25, -0.2) is 9.97 Å². The van der Waals surface area contributed by atoms with Gasteiger partial charge >= 0.3 is 0 Å². The molecule has 0 radical (unpaired) electrons. The molecule has 0 unspecified atom stereocenters. The van der Waals surface area contributed by atoms with Gasteiger partial charge in [-0.2, -0.15) is 0 Å². The highest BCUT2D eigenvalue weighted by Gasteiger charge is 2.53. The first-order chi connectivity index (χ1) is 36.1. The molecule has 2 nitrogen and oxygen atoms in total. The zero-order valence-electron chi connectivity index (χ0n) is 40.1. The van der Waals surface area contributed by atoms with Crippen LogP contribution in [0.4, 0.5) is 0 Å². The molecule has 0 atom stereocenters. The predicted molar refractivity (Wildman–Crippen MR) is 299 cm³/mol. The van der Waals surface area contributed by atoms with Crippen molar-refractivity contribution in [3.8, 4) is 89.3 Å². The van der Waals surface area contributed by atoms with Gasteiger partial charge in [-0.05, 0) is 142 Å². The largest absolute Gasteiger partial charge is 0.244 e. The normalized spacial score (nSPS) is 14.0. The quantitative estimate of drug-likeness (QED) is 0.176. The zero-order chi connectivity index (χ0) is 48.0. The maximum atomic E-state index is 5.44. The summed E-state index contributed by atoms with van der Waals surface area (Å²) in [5.74, 6) is 0. The minimum atomic E-state index is -0.388. The molecule has 1 heterocycles. The molecule has 0 saturated heterocycles. The van der Waals surface area contributed by atoms with Crippen molar-refractivity contribution in [2.45, 2.75) is 17.8 Å². The summed E-state index contributed by atoms with van der Waals surface area (Å²) in [6.07, 6.45) is 0. The van der Waals surface area contributed by atoms with Crippen molar-refractivity contribution in [1.82, 2.24) is 9.97 Å². The van der Waals surface area contributed by atoms with Crippen LogP contribution < -0.4 is 0 Å². The summed E-state index contributed by atoms with van der Waals surface area (Å²) < 4.78 is 0. The van der Waals surface area contributed by atoms with Gasteiger partial charge in [0, 0.05) is 11.1 Å². The van der Waals surface area contributed by atoms with E-state index in [9.17, 15) is 0 Å². The van der Waals surface area contributed by atoms with Gasteiger partial charge in [0.1, 0.15) is 0 Å². The molecule has 0 N–H and O–H groups in total. The molecule has 11 aromatic carbocycles. The minimum Gasteiger partial charge on any atom is -0.244 e. The van der Waals surface area contributed by atoms with Gasteiger partial charge in [-0.1, -0.05) is 231 Å². The van der Waals surface area contributed by atoms with Crippen LogP contribution in [-0.2, 0) is 10.8 Å². The second-order valence-corrected chi connectivity index (χ2v) is 20.3. The molecule has 73 heavy (non-hydrogen) atoms. The Balaban J connectivity index is 0.791. The molecule has 0 fully saturated rings. The molecule has 2 spiro atoms. The molecule has 4 aliphatic rings. The fourth-order valence-electron chi connectivity index (χ4n) is 13.8. The number of hydrogen-bond donors (Lipinski definition) is 0. The summed E-state index contributed by atoms with van der Waals surface area (Å²) in [6, 6.07) is 92.6. The summed E-state index contributed by atoms with van der Waals surface area (Å²) in [7, 11) is 0. The third-order valence-corrected chi connectivity index (χ3v) is 16.9. The van der Waals surface area contributed by atoms with Crippen LogP contribution in [0.5, 0.6) is 0 Å². The summed E-state index contributed by atoms with van der Waals surface area (Å²) >= 11 is 0. The number of rotatable bonds is 4. The Morgan fingerprint density at radius 2 is 0.548 bits per heavy atom.